The number of benzene rings is 2. The smallest absolute Gasteiger partial charge is 0.345 e. The molecule has 9 heteroatoms. The number of para-hydroxylation sites is 3. The number of fused-ring (bicyclic) bond motifs is 2. The summed E-state index contributed by atoms with van der Waals surface area (Å²) in [6, 6.07) is 14.3. The number of aliphatic imine (C=N–C) groups is 1. The monoisotopic (exact) mass is 423 g/mol. The van der Waals surface area contributed by atoms with Gasteiger partial charge in [-0.15, -0.1) is 0 Å². The van der Waals surface area contributed by atoms with E-state index in [-0.39, 0.29) is 26.7 Å². The van der Waals surface area contributed by atoms with Crippen molar-refractivity contribution < 1.29 is 13.6 Å². The second kappa shape index (κ2) is 6.91. The lowest BCUT2D eigenvalue weighted by molar-refractivity contribution is -0.115. The molecule has 1 amide bonds. The Morgan fingerprint density at radius 3 is 2.62 bits per heavy atom. The molecule has 0 radical (unpaired) electrons. The van der Waals surface area contributed by atoms with Crippen LogP contribution < -0.4 is 10.9 Å². The summed E-state index contributed by atoms with van der Waals surface area (Å²) in [4.78, 5) is 33.4. The predicted octanol–water partition coefficient (Wildman–Crippen LogP) is 4.48. The molecule has 1 N–H and O–H groups in total. The van der Waals surface area contributed by atoms with E-state index in [1.807, 2.05) is 12.1 Å². The first-order valence-electron chi connectivity index (χ1n) is 8.45. The second-order valence-electron chi connectivity index (χ2n) is 6.06. The number of amidine groups is 1. The van der Waals surface area contributed by atoms with Crippen molar-refractivity contribution in [2.75, 3.05) is 0 Å². The normalized spacial score (nSPS) is 16.9. The van der Waals surface area contributed by atoms with Crippen LogP contribution in [0.25, 0.3) is 28.1 Å². The highest BCUT2D eigenvalue weighted by atomic mass is 35.5. The largest absolute Gasteiger partial charge is 0.422 e. The summed E-state index contributed by atoms with van der Waals surface area (Å²) in [5.74, 6) is -0.409. The molecular formula is C20H10ClN3O4S. The van der Waals surface area contributed by atoms with Gasteiger partial charge in [0.1, 0.15) is 11.1 Å². The van der Waals surface area contributed by atoms with Gasteiger partial charge in [0.15, 0.2) is 10.8 Å². The Hall–Kier alpha value is -3.36. The van der Waals surface area contributed by atoms with E-state index in [2.05, 4.69) is 15.3 Å². The summed E-state index contributed by atoms with van der Waals surface area (Å²) in [6.45, 7) is 0. The number of aromatic nitrogens is 1. The van der Waals surface area contributed by atoms with Gasteiger partial charge in [0, 0.05) is 5.39 Å². The molecule has 7 nitrogen and oxygen atoms in total. The highest BCUT2D eigenvalue weighted by Crippen LogP contribution is 2.31. The van der Waals surface area contributed by atoms with Gasteiger partial charge in [0.25, 0.3) is 5.91 Å². The lowest BCUT2D eigenvalue weighted by atomic mass is 10.1. The van der Waals surface area contributed by atoms with Crippen molar-refractivity contribution in [1.82, 2.24) is 10.3 Å². The van der Waals surface area contributed by atoms with Crippen LogP contribution in [-0.2, 0) is 4.79 Å². The third-order valence-corrected chi connectivity index (χ3v) is 5.51. The molecule has 0 atom stereocenters. The van der Waals surface area contributed by atoms with Gasteiger partial charge in [0.05, 0.1) is 15.5 Å². The number of amides is 1. The van der Waals surface area contributed by atoms with E-state index >= 15 is 0 Å². The van der Waals surface area contributed by atoms with Crippen LogP contribution in [0.4, 0.5) is 6.01 Å². The number of thioether (sulfide) groups is 1. The SMILES string of the molecule is O=C1N/C(=N\c2nc3ccccc3o2)S/C1=C\c1c(Cl)c2ccccc2oc1=O. The zero-order chi connectivity index (χ0) is 20.0. The van der Waals surface area contributed by atoms with Crippen molar-refractivity contribution in [1.29, 1.82) is 0 Å². The quantitative estimate of drug-likeness (QED) is 0.377. The van der Waals surface area contributed by atoms with E-state index in [4.69, 9.17) is 20.4 Å². The summed E-state index contributed by atoms with van der Waals surface area (Å²) in [7, 11) is 0. The molecule has 4 aromatic rings. The van der Waals surface area contributed by atoms with E-state index in [1.165, 1.54) is 6.08 Å². The standard InChI is InChI=1S/C20H10ClN3O4S/c21-16-10-5-1-3-7-13(10)27-18(26)11(16)9-15-17(25)23-20(29-15)24-19-22-12-6-2-4-8-14(12)28-19/h1-9H,(H,22,23,24,25)/b15-9-. The zero-order valence-electron chi connectivity index (χ0n) is 14.5. The second-order valence-corrected chi connectivity index (χ2v) is 7.47. The van der Waals surface area contributed by atoms with Crippen LogP contribution in [0.1, 0.15) is 5.56 Å². The molecule has 29 heavy (non-hydrogen) atoms. The fourth-order valence-corrected chi connectivity index (χ4v) is 3.94. The highest BCUT2D eigenvalue weighted by molar-refractivity contribution is 8.18. The molecular weight excluding hydrogens is 414 g/mol. The lowest BCUT2D eigenvalue weighted by Gasteiger charge is -2.02. The van der Waals surface area contributed by atoms with Crippen LogP contribution in [0, 0.1) is 0 Å². The molecule has 2 aromatic heterocycles. The van der Waals surface area contributed by atoms with E-state index in [0.717, 1.165) is 11.8 Å². The van der Waals surface area contributed by atoms with Gasteiger partial charge in [-0.05, 0) is 42.1 Å². The molecule has 0 bridgehead atoms. The maximum atomic E-state index is 12.3. The van der Waals surface area contributed by atoms with Gasteiger partial charge in [-0.1, -0.05) is 35.9 Å². The summed E-state index contributed by atoms with van der Waals surface area (Å²) >= 11 is 7.44. The topological polar surface area (TPSA) is 97.7 Å². The molecule has 3 heterocycles. The zero-order valence-corrected chi connectivity index (χ0v) is 16.1. The van der Waals surface area contributed by atoms with Crippen molar-refractivity contribution in [2.45, 2.75) is 0 Å². The van der Waals surface area contributed by atoms with E-state index in [9.17, 15) is 9.59 Å². The fraction of sp³-hybridized carbons (Fsp3) is 0. The van der Waals surface area contributed by atoms with Crippen LogP contribution in [0.3, 0.4) is 0 Å². The highest BCUT2D eigenvalue weighted by Gasteiger charge is 2.26. The van der Waals surface area contributed by atoms with Crippen LogP contribution in [0.15, 0.2) is 72.1 Å². The summed E-state index contributed by atoms with van der Waals surface area (Å²) in [6.07, 6.45) is 1.40. The number of oxazole rings is 1. The third kappa shape index (κ3) is 3.22. The molecule has 1 aliphatic heterocycles. The predicted molar refractivity (Wildman–Crippen MR) is 112 cm³/mol. The van der Waals surface area contributed by atoms with Crippen LogP contribution >= 0.6 is 23.4 Å². The van der Waals surface area contributed by atoms with Crippen molar-refractivity contribution in [2.24, 2.45) is 4.99 Å². The first-order chi connectivity index (χ1) is 14.1. The minimum atomic E-state index is -0.626. The Bertz CT molecular complexity index is 1390. The Morgan fingerprint density at radius 2 is 1.79 bits per heavy atom. The first-order valence-corrected chi connectivity index (χ1v) is 9.64. The van der Waals surface area contributed by atoms with E-state index in [1.54, 1.807) is 36.4 Å². The van der Waals surface area contributed by atoms with Gasteiger partial charge in [0.2, 0.25) is 0 Å². The maximum Gasteiger partial charge on any atom is 0.345 e. The molecule has 2 aromatic carbocycles. The van der Waals surface area contributed by atoms with E-state index in [0.29, 0.717) is 22.1 Å². The molecule has 1 aliphatic rings. The van der Waals surface area contributed by atoms with E-state index < -0.39 is 11.5 Å². The molecule has 0 saturated carbocycles. The van der Waals surface area contributed by atoms with Crippen LogP contribution in [0.5, 0.6) is 0 Å². The van der Waals surface area contributed by atoms with Gasteiger partial charge in [-0.25, -0.2) is 4.79 Å². The number of carbonyl (C=O) groups excluding carboxylic acids is 1. The molecule has 142 valence electrons. The summed E-state index contributed by atoms with van der Waals surface area (Å²) in [5.41, 5.74) is 1.12. The van der Waals surface area contributed by atoms with Gasteiger partial charge < -0.3 is 14.2 Å². The Kier molecular flexibility index (Phi) is 4.22. The van der Waals surface area contributed by atoms with Crippen molar-refractivity contribution in [3.8, 4) is 0 Å². The maximum absolute atomic E-state index is 12.3. The lowest BCUT2D eigenvalue weighted by Crippen LogP contribution is -2.19. The average molecular weight is 424 g/mol. The van der Waals surface area contributed by atoms with Gasteiger partial charge in [-0.2, -0.15) is 9.98 Å². The van der Waals surface area contributed by atoms with Crippen LogP contribution in [0.2, 0.25) is 5.02 Å². The molecule has 0 unspecified atom stereocenters. The fourth-order valence-electron chi connectivity index (χ4n) is 2.86. The molecule has 0 spiro atoms. The number of carbonyl (C=O) groups is 1. The first kappa shape index (κ1) is 17.7. The minimum absolute atomic E-state index is 0.103. The van der Waals surface area contributed by atoms with Crippen molar-refractivity contribution in [3.05, 3.63) is 74.4 Å². The van der Waals surface area contributed by atoms with Crippen molar-refractivity contribution >= 4 is 68.6 Å². The Balaban J connectivity index is 1.51. The van der Waals surface area contributed by atoms with Gasteiger partial charge >= 0.3 is 11.6 Å². The number of nitrogens with zero attached hydrogens (tertiary/aromatic N) is 2. The molecule has 1 saturated heterocycles. The van der Waals surface area contributed by atoms with Crippen LogP contribution in [-0.4, -0.2) is 16.1 Å². The number of hydrogen-bond acceptors (Lipinski definition) is 7. The average Bonchev–Trinajstić information content (AvgIpc) is 3.27. The minimum Gasteiger partial charge on any atom is -0.422 e. The number of nitrogens with one attached hydrogen (secondary N) is 1. The number of rotatable bonds is 2. The molecule has 5 rings (SSSR count). The Morgan fingerprint density at radius 1 is 1.03 bits per heavy atom. The number of hydrogen-bond donors (Lipinski definition) is 1. The Labute approximate surface area is 172 Å². The molecule has 1 fully saturated rings. The van der Waals surface area contributed by atoms with Crippen molar-refractivity contribution in [3.63, 3.8) is 0 Å². The number of halogens is 1. The van der Waals surface area contributed by atoms with Gasteiger partial charge in [-0.3, -0.25) is 4.79 Å². The summed E-state index contributed by atoms with van der Waals surface area (Å²) < 4.78 is 10.8. The summed E-state index contributed by atoms with van der Waals surface area (Å²) in [5, 5.41) is 3.72. The third-order valence-electron chi connectivity index (χ3n) is 4.19. The molecule has 0 aliphatic carbocycles.